The first kappa shape index (κ1) is 24.7. The average molecular weight is 503 g/mol. The van der Waals surface area contributed by atoms with Crippen LogP contribution in [0, 0.1) is 48.3 Å². The highest BCUT2D eigenvalue weighted by molar-refractivity contribution is 5.89. The van der Waals surface area contributed by atoms with Gasteiger partial charge in [0.15, 0.2) is 0 Å². The third-order valence-corrected chi connectivity index (χ3v) is 11.4. The van der Waals surface area contributed by atoms with Gasteiger partial charge in [-0.2, -0.15) is 0 Å². The molecule has 0 spiro atoms. The van der Waals surface area contributed by atoms with Gasteiger partial charge in [-0.1, -0.05) is 19.9 Å². The quantitative estimate of drug-likeness (QED) is 0.584. The van der Waals surface area contributed by atoms with Crippen molar-refractivity contribution < 1.29 is 9.59 Å². The third-order valence-electron chi connectivity index (χ3n) is 11.4. The van der Waals surface area contributed by atoms with Crippen molar-refractivity contribution in [3.8, 4) is 0 Å². The number of rotatable bonds is 4. The van der Waals surface area contributed by atoms with Crippen LogP contribution in [0.2, 0.25) is 0 Å². The van der Waals surface area contributed by atoms with Crippen LogP contribution in [-0.2, 0) is 16.1 Å². The molecule has 3 saturated carbocycles. The molecule has 6 nitrogen and oxygen atoms in total. The van der Waals surface area contributed by atoms with Crippen LogP contribution in [0.3, 0.4) is 0 Å². The van der Waals surface area contributed by atoms with Gasteiger partial charge in [0.25, 0.3) is 0 Å². The molecule has 0 saturated heterocycles. The molecule has 4 aliphatic rings. The zero-order valence-electron chi connectivity index (χ0n) is 23.1. The van der Waals surface area contributed by atoms with E-state index >= 15 is 0 Å². The molecule has 37 heavy (non-hydrogen) atoms. The normalized spacial score (nSPS) is 36.8. The van der Waals surface area contributed by atoms with Crippen LogP contribution in [0.25, 0.3) is 11.0 Å². The maximum Gasteiger partial charge on any atom is 0.246 e. The van der Waals surface area contributed by atoms with Crippen molar-refractivity contribution in [3.63, 3.8) is 0 Å². The highest BCUT2D eigenvalue weighted by atomic mass is 16.2. The number of aromatic nitrogens is 2. The Morgan fingerprint density at radius 3 is 2.70 bits per heavy atom. The Hall–Kier alpha value is -2.63. The molecule has 6 heteroatoms. The Kier molecular flexibility index (Phi) is 5.81. The molecular formula is C31H42N4O2. The smallest absolute Gasteiger partial charge is 0.246 e. The Labute approximate surface area is 220 Å². The first-order valence-electron chi connectivity index (χ1n) is 14.3. The molecule has 4 unspecified atom stereocenters. The summed E-state index contributed by atoms with van der Waals surface area (Å²) in [5, 5.41) is 3.16. The Morgan fingerprint density at radius 2 is 1.89 bits per heavy atom. The standard InChI is InChI=1S/C31H42N4O2/c1-18-14-24-25(15-19(18)2)34-27(33-24)17-32-28(36)16-20-6-8-22-21-7-9-26-31(4,13-11-29(37)35(26)5)23(21)10-12-30(20,22)3/h11,13-15,20-23,26H,6-10,12,16-17H2,1-5H3,(H,32,36)(H,33,34)/t20-,21?,22?,23?,26?,30-,31-/m1/s1. The molecule has 0 radical (unpaired) electrons. The van der Waals surface area contributed by atoms with Crippen LogP contribution in [-0.4, -0.2) is 39.8 Å². The number of likely N-dealkylation sites (N-methyl/N-ethyl adjacent to an activating group) is 1. The first-order chi connectivity index (χ1) is 17.6. The fourth-order valence-electron chi connectivity index (χ4n) is 9.07. The van der Waals surface area contributed by atoms with E-state index in [-0.39, 0.29) is 22.6 Å². The number of aryl methyl sites for hydroxylation is 2. The summed E-state index contributed by atoms with van der Waals surface area (Å²) in [6, 6.07) is 4.56. The number of aromatic amines is 1. The summed E-state index contributed by atoms with van der Waals surface area (Å²) in [7, 11) is 1.99. The summed E-state index contributed by atoms with van der Waals surface area (Å²) < 4.78 is 0. The maximum absolute atomic E-state index is 13.1. The van der Waals surface area contributed by atoms with Gasteiger partial charge in [0.2, 0.25) is 11.8 Å². The topological polar surface area (TPSA) is 78.1 Å². The van der Waals surface area contributed by atoms with E-state index in [1.807, 2.05) is 18.0 Å². The van der Waals surface area contributed by atoms with Crippen molar-refractivity contribution in [2.24, 2.45) is 34.5 Å². The number of H-pyrrole nitrogens is 1. The lowest BCUT2D eigenvalue weighted by Crippen LogP contribution is -2.59. The third kappa shape index (κ3) is 3.85. The first-order valence-corrected chi connectivity index (χ1v) is 14.3. The number of hydrogen-bond acceptors (Lipinski definition) is 3. The van der Waals surface area contributed by atoms with Gasteiger partial charge in [0.05, 0.1) is 17.6 Å². The van der Waals surface area contributed by atoms with Gasteiger partial charge in [-0.3, -0.25) is 9.59 Å². The number of benzene rings is 1. The van der Waals surface area contributed by atoms with Crippen molar-refractivity contribution >= 4 is 22.8 Å². The number of carbonyl (C=O) groups is 2. The van der Waals surface area contributed by atoms with E-state index in [0.717, 1.165) is 29.7 Å². The Morgan fingerprint density at radius 1 is 1.11 bits per heavy atom. The molecule has 6 rings (SSSR count). The molecule has 2 N–H and O–H groups in total. The van der Waals surface area contributed by atoms with Gasteiger partial charge >= 0.3 is 0 Å². The molecule has 2 amide bonds. The van der Waals surface area contributed by atoms with Gasteiger partial charge in [-0.15, -0.1) is 0 Å². The van der Waals surface area contributed by atoms with Gasteiger partial charge in [0, 0.05) is 24.9 Å². The summed E-state index contributed by atoms with van der Waals surface area (Å²) >= 11 is 0. The number of nitrogens with one attached hydrogen (secondary N) is 2. The molecule has 1 aromatic heterocycles. The van der Waals surface area contributed by atoms with Crippen molar-refractivity contribution in [1.82, 2.24) is 20.2 Å². The average Bonchev–Trinajstić information content (AvgIpc) is 3.40. The number of hydrogen-bond donors (Lipinski definition) is 2. The van der Waals surface area contributed by atoms with Crippen molar-refractivity contribution in [3.05, 3.63) is 41.2 Å². The molecule has 7 atom stereocenters. The van der Waals surface area contributed by atoms with Gasteiger partial charge < -0.3 is 15.2 Å². The summed E-state index contributed by atoms with van der Waals surface area (Å²) in [6.07, 6.45) is 11.8. The van der Waals surface area contributed by atoms with E-state index in [1.165, 1.54) is 36.8 Å². The lowest BCUT2D eigenvalue weighted by Gasteiger charge is -2.60. The zero-order chi connectivity index (χ0) is 26.1. The second-order valence-electron chi connectivity index (χ2n) is 13.1. The van der Waals surface area contributed by atoms with E-state index in [0.29, 0.717) is 42.7 Å². The summed E-state index contributed by atoms with van der Waals surface area (Å²) in [5.41, 5.74) is 4.77. The number of imidazole rings is 1. The minimum atomic E-state index is 0.0754. The van der Waals surface area contributed by atoms with E-state index in [9.17, 15) is 9.59 Å². The van der Waals surface area contributed by atoms with Crippen molar-refractivity contribution in [1.29, 1.82) is 0 Å². The molecule has 2 aromatic rings. The zero-order valence-corrected chi connectivity index (χ0v) is 23.1. The summed E-state index contributed by atoms with van der Waals surface area (Å²) in [6.45, 7) is 9.53. The number of amides is 2. The summed E-state index contributed by atoms with van der Waals surface area (Å²) in [4.78, 5) is 35.5. The van der Waals surface area contributed by atoms with E-state index in [1.54, 1.807) is 0 Å². The van der Waals surface area contributed by atoms with Gasteiger partial charge in [0.1, 0.15) is 5.82 Å². The van der Waals surface area contributed by atoms with Crippen molar-refractivity contribution in [2.45, 2.75) is 85.2 Å². The SMILES string of the molecule is Cc1cc2nc(CNC(=O)C[C@H]3CCC4C5CCC6N(C)C(=O)C=C[C@]6(C)C5CC[C@@]43C)[nH]c2cc1C. The Bertz CT molecular complexity index is 1240. The molecule has 2 heterocycles. The van der Waals surface area contributed by atoms with Gasteiger partial charge in [-0.25, -0.2) is 4.98 Å². The van der Waals surface area contributed by atoms with Crippen LogP contribution in [0.15, 0.2) is 24.3 Å². The minimum Gasteiger partial charge on any atom is -0.349 e. The molecule has 1 aliphatic heterocycles. The van der Waals surface area contributed by atoms with E-state index in [4.69, 9.17) is 4.98 Å². The highest BCUT2D eigenvalue weighted by Gasteiger charge is 2.60. The largest absolute Gasteiger partial charge is 0.349 e. The molecule has 3 aliphatic carbocycles. The molecular weight excluding hydrogens is 460 g/mol. The van der Waals surface area contributed by atoms with Crippen LogP contribution in [0.4, 0.5) is 0 Å². The number of nitrogens with zero attached hydrogens (tertiary/aromatic N) is 2. The summed E-state index contributed by atoms with van der Waals surface area (Å²) in [5.74, 6) is 3.56. The Balaban J connectivity index is 1.12. The van der Waals surface area contributed by atoms with Crippen LogP contribution in [0.5, 0.6) is 0 Å². The van der Waals surface area contributed by atoms with E-state index in [2.05, 4.69) is 56.2 Å². The highest BCUT2D eigenvalue weighted by Crippen LogP contribution is 2.65. The molecule has 198 valence electrons. The molecule has 3 fully saturated rings. The van der Waals surface area contributed by atoms with Crippen LogP contribution in [0.1, 0.15) is 75.7 Å². The van der Waals surface area contributed by atoms with Crippen LogP contribution >= 0.6 is 0 Å². The van der Waals surface area contributed by atoms with Crippen LogP contribution < -0.4 is 5.32 Å². The number of fused-ring (bicyclic) bond motifs is 6. The second-order valence-corrected chi connectivity index (χ2v) is 13.1. The minimum absolute atomic E-state index is 0.0754. The fraction of sp³-hybridized carbons (Fsp3) is 0.645. The predicted molar refractivity (Wildman–Crippen MR) is 146 cm³/mol. The van der Waals surface area contributed by atoms with Gasteiger partial charge in [-0.05, 0) is 111 Å². The monoisotopic (exact) mass is 502 g/mol. The fourth-order valence-corrected chi connectivity index (χ4v) is 9.07. The molecule has 0 bridgehead atoms. The predicted octanol–water partition coefficient (Wildman–Crippen LogP) is 5.44. The van der Waals surface area contributed by atoms with Crippen molar-refractivity contribution in [2.75, 3.05) is 7.05 Å². The number of carbonyl (C=O) groups excluding carboxylic acids is 2. The lowest BCUT2D eigenvalue weighted by atomic mass is 9.47. The van der Waals surface area contributed by atoms with E-state index < -0.39 is 0 Å². The molecule has 1 aromatic carbocycles. The second kappa shape index (κ2) is 8.71. The lowest BCUT2D eigenvalue weighted by molar-refractivity contribution is -0.139. The maximum atomic E-state index is 13.1.